The second kappa shape index (κ2) is 9.38. The van der Waals surface area contributed by atoms with Crippen LogP contribution in [0.3, 0.4) is 0 Å². The number of hydrogen-bond donors (Lipinski definition) is 1. The van der Waals surface area contributed by atoms with Gasteiger partial charge in [0.05, 0.1) is 5.56 Å². The quantitative estimate of drug-likeness (QED) is 0.593. The molecule has 122 valence electrons. The number of hydrogen-bond acceptors (Lipinski definition) is 3. The fraction of sp³-hybridized carbons (Fsp3) is 0.316. The number of carbonyl (C=O) groups excluding carboxylic acids is 1. The number of benzene rings is 2. The van der Waals surface area contributed by atoms with E-state index >= 15 is 0 Å². The van der Waals surface area contributed by atoms with Crippen LogP contribution in [0.1, 0.15) is 22.3 Å². The van der Waals surface area contributed by atoms with Crippen LogP contribution in [0.25, 0.3) is 0 Å². The van der Waals surface area contributed by atoms with E-state index in [0.29, 0.717) is 6.54 Å². The van der Waals surface area contributed by atoms with Crippen molar-refractivity contribution in [2.45, 2.75) is 17.9 Å². The smallest absolute Gasteiger partial charge is 0.252 e. The van der Waals surface area contributed by atoms with Crippen molar-refractivity contribution in [2.24, 2.45) is 0 Å². The highest BCUT2D eigenvalue weighted by molar-refractivity contribution is 7.98. The van der Waals surface area contributed by atoms with E-state index < -0.39 is 0 Å². The summed E-state index contributed by atoms with van der Waals surface area (Å²) in [4.78, 5) is 15.5. The fourth-order valence-corrected chi connectivity index (χ4v) is 3.05. The molecule has 0 bridgehead atoms. The first kappa shape index (κ1) is 17.6. The molecule has 0 aliphatic carbocycles. The van der Waals surface area contributed by atoms with Gasteiger partial charge in [-0.25, -0.2) is 0 Å². The maximum Gasteiger partial charge on any atom is 0.252 e. The Bertz CT molecular complexity index is 616. The van der Waals surface area contributed by atoms with E-state index in [-0.39, 0.29) is 5.91 Å². The average molecular weight is 328 g/mol. The van der Waals surface area contributed by atoms with Gasteiger partial charge < -0.3 is 10.2 Å². The normalized spacial score (nSPS) is 10.7. The maximum atomic E-state index is 12.2. The van der Waals surface area contributed by atoms with Gasteiger partial charge in [0.15, 0.2) is 0 Å². The van der Waals surface area contributed by atoms with Crippen molar-refractivity contribution in [1.29, 1.82) is 0 Å². The number of nitrogens with one attached hydrogen (secondary N) is 1. The highest BCUT2D eigenvalue weighted by Crippen LogP contribution is 2.19. The lowest BCUT2D eigenvalue weighted by molar-refractivity contribution is 0.0949. The molecule has 0 heterocycles. The SMILES string of the molecule is CSc1ccccc1C(=O)NCCCN(C)Cc1ccccc1. The van der Waals surface area contributed by atoms with Gasteiger partial charge in [-0.1, -0.05) is 42.5 Å². The summed E-state index contributed by atoms with van der Waals surface area (Å²) in [5, 5.41) is 3.01. The molecule has 0 aromatic heterocycles. The van der Waals surface area contributed by atoms with E-state index in [4.69, 9.17) is 0 Å². The van der Waals surface area contributed by atoms with E-state index in [1.165, 1.54) is 5.56 Å². The van der Waals surface area contributed by atoms with Crippen LogP contribution < -0.4 is 5.32 Å². The molecule has 0 saturated heterocycles. The lowest BCUT2D eigenvalue weighted by Gasteiger charge is -2.17. The van der Waals surface area contributed by atoms with E-state index in [2.05, 4.69) is 41.5 Å². The number of amides is 1. The zero-order valence-corrected chi connectivity index (χ0v) is 14.6. The van der Waals surface area contributed by atoms with E-state index in [0.717, 1.165) is 30.0 Å². The van der Waals surface area contributed by atoms with Gasteiger partial charge in [-0.15, -0.1) is 11.8 Å². The molecule has 23 heavy (non-hydrogen) atoms. The molecule has 2 aromatic rings. The van der Waals surface area contributed by atoms with Gasteiger partial charge >= 0.3 is 0 Å². The molecule has 0 spiro atoms. The Balaban J connectivity index is 1.71. The van der Waals surface area contributed by atoms with Gasteiger partial charge in [-0.3, -0.25) is 4.79 Å². The zero-order chi connectivity index (χ0) is 16.5. The Morgan fingerprint density at radius 3 is 2.52 bits per heavy atom. The van der Waals surface area contributed by atoms with Crippen LogP contribution in [-0.2, 0) is 6.54 Å². The lowest BCUT2D eigenvalue weighted by Crippen LogP contribution is -2.28. The molecule has 0 saturated carbocycles. The molecule has 0 radical (unpaired) electrons. The molecule has 0 aliphatic rings. The summed E-state index contributed by atoms with van der Waals surface area (Å²) in [6.45, 7) is 2.59. The van der Waals surface area contributed by atoms with Crippen molar-refractivity contribution >= 4 is 17.7 Å². The molecular weight excluding hydrogens is 304 g/mol. The van der Waals surface area contributed by atoms with Gasteiger partial charge in [0.25, 0.3) is 5.91 Å². The summed E-state index contributed by atoms with van der Waals surface area (Å²) < 4.78 is 0. The van der Waals surface area contributed by atoms with Crippen LogP contribution in [0, 0.1) is 0 Å². The monoisotopic (exact) mass is 328 g/mol. The summed E-state index contributed by atoms with van der Waals surface area (Å²) >= 11 is 1.60. The van der Waals surface area contributed by atoms with Crippen LogP contribution in [0.4, 0.5) is 0 Å². The summed E-state index contributed by atoms with van der Waals surface area (Å²) in [6, 6.07) is 18.2. The largest absolute Gasteiger partial charge is 0.352 e. The third-order valence-corrected chi connectivity index (χ3v) is 4.44. The summed E-state index contributed by atoms with van der Waals surface area (Å²) in [5.41, 5.74) is 2.07. The van der Waals surface area contributed by atoms with Crippen molar-refractivity contribution in [2.75, 3.05) is 26.4 Å². The molecule has 0 aliphatic heterocycles. The van der Waals surface area contributed by atoms with E-state index in [1.807, 2.05) is 36.6 Å². The number of rotatable bonds is 8. The van der Waals surface area contributed by atoms with Crippen LogP contribution in [0.15, 0.2) is 59.5 Å². The molecule has 0 fully saturated rings. The van der Waals surface area contributed by atoms with Gasteiger partial charge in [0.2, 0.25) is 0 Å². The fourth-order valence-electron chi connectivity index (χ4n) is 2.45. The van der Waals surface area contributed by atoms with Crippen molar-refractivity contribution in [3.05, 3.63) is 65.7 Å². The van der Waals surface area contributed by atoms with Gasteiger partial charge in [0, 0.05) is 18.0 Å². The molecule has 1 N–H and O–H groups in total. The topological polar surface area (TPSA) is 32.3 Å². The highest BCUT2D eigenvalue weighted by atomic mass is 32.2. The first-order valence-corrected chi connectivity index (χ1v) is 9.07. The molecule has 1 amide bonds. The van der Waals surface area contributed by atoms with Crippen LogP contribution >= 0.6 is 11.8 Å². The summed E-state index contributed by atoms with van der Waals surface area (Å²) in [6.07, 6.45) is 2.93. The lowest BCUT2D eigenvalue weighted by atomic mass is 10.2. The van der Waals surface area contributed by atoms with Gasteiger partial charge in [0.1, 0.15) is 0 Å². The Labute approximate surface area is 143 Å². The van der Waals surface area contributed by atoms with Gasteiger partial charge in [-0.2, -0.15) is 0 Å². The van der Waals surface area contributed by atoms with Crippen molar-refractivity contribution in [3.63, 3.8) is 0 Å². The van der Waals surface area contributed by atoms with E-state index in [9.17, 15) is 4.79 Å². The van der Waals surface area contributed by atoms with Crippen LogP contribution in [-0.4, -0.2) is 37.2 Å². The Morgan fingerprint density at radius 2 is 1.78 bits per heavy atom. The first-order chi connectivity index (χ1) is 11.2. The molecule has 3 nitrogen and oxygen atoms in total. The zero-order valence-electron chi connectivity index (χ0n) is 13.8. The molecule has 0 atom stereocenters. The second-order valence-corrected chi connectivity index (χ2v) is 6.38. The summed E-state index contributed by atoms with van der Waals surface area (Å²) in [7, 11) is 2.11. The first-order valence-electron chi connectivity index (χ1n) is 7.84. The maximum absolute atomic E-state index is 12.2. The Hall–Kier alpha value is -1.78. The van der Waals surface area contributed by atoms with Crippen molar-refractivity contribution < 1.29 is 4.79 Å². The van der Waals surface area contributed by atoms with Crippen molar-refractivity contribution in [1.82, 2.24) is 10.2 Å². The molecule has 0 unspecified atom stereocenters. The van der Waals surface area contributed by atoms with Crippen LogP contribution in [0.2, 0.25) is 0 Å². The van der Waals surface area contributed by atoms with Crippen molar-refractivity contribution in [3.8, 4) is 0 Å². The predicted octanol–water partition coefficient (Wildman–Crippen LogP) is 3.66. The minimum atomic E-state index is 0.0145. The molecule has 4 heteroatoms. The number of nitrogens with zero attached hydrogens (tertiary/aromatic N) is 1. The summed E-state index contributed by atoms with van der Waals surface area (Å²) in [5.74, 6) is 0.0145. The molecule has 2 rings (SSSR count). The third-order valence-electron chi connectivity index (χ3n) is 3.65. The third kappa shape index (κ3) is 5.73. The molecular formula is C19H24N2OS. The standard InChI is InChI=1S/C19H24N2OS/c1-21(15-16-9-4-3-5-10-16)14-8-13-20-19(22)17-11-6-7-12-18(17)23-2/h3-7,9-12H,8,13-15H2,1-2H3,(H,20,22). The minimum absolute atomic E-state index is 0.0145. The second-order valence-electron chi connectivity index (χ2n) is 5.53. The van der Waals surface area contributed by atoms with E-state index in [1.54, 1.807) is 11.8 Å². The van der Waals surface area contributed by atoms with Crippen LogP contribution in [0.5, 0.6) is 0 Å². The predicted molar refractivity (Wildman–Crippen MR) is 97.9 cm³/mol. The molecule has 2 aromatic carbocycles. The Kier molecular flexibility index (Phi) is 7.17. The number of thioether (sulfide) groups is 1. The number of carbonyl (C=O) groups is 1. The average Bonchev–Trinajstić information content (AvgIpc) is 2.59. The van der Waals surface area contributed by atoms with Gasteiger partial charge in [-0.05, 0) is 44.0 Å². The minimum Gasteiger partial charge on any atom is -0.352 e. The highest BCUT2D eigenvalue weighted by Gasteiger charge is 2.09. The Morgan fingerprint density at radius 1 is 1.09 bits per heavy atom.